The second-order valence-corrected chi connectivity index (χ2v) is 11.9. The van der Waals surface area contributed by atoms with Crippen LogP contribution in [0.5, 0.6) is 23.0 Å². The van der Waals surface area contributed by atoms with Crippen LogP contribution >= 0.6 is 122 Å². The van der Waals surface area contributed by atoms with E-state index in [2.05, 4.69) is 63.7 Å². The molecule has 0 bridgehead atoms. The zero-order valence-electron chi connectivity index (χ0n) is 15.3. The molecule has 4 nitrogen and oxygen atoms in total. The van der Waals surface area contributed by atoms with Crippen LogP contribution in [0.3, 0.4) is 0 Å². The van der Waals surface area contributed by atoms with Gasteiger partial charge in [0.15, 0.2) is 0 Å². The Bertz CT molecular complexity index is 1330. The molecule has 33 heavy (non-hydrogen) atoms. The van der Waals surface area contributed by atoms with Crippen LogP contribution in [0.2, 0.25) is 20.1 Å². The van der Waals surface area contributed by atoms with E-state index in [-0.39, 0.29) is 63.2 Å². The van der Waals surface area contributed by atoms with Crippen LogP contribution in [0, 0.1) is 0 Å². The Kier molecular flexibility index (Phi) is 7.55. The summed E-state index contributed by atoms with van der Waals surface area (Å²) in [7, 11) is 0. The molecule has 3 aromatic rings. The summed E-state index contributed by atoms with van der Waals surface area (Å²) < 4.78 is 7.19. The fourth-order valence-corrected chi connectivity index (χ4v) is 7.32. The lowest BCUT2D eigenvalue weighted by Crippen LogP contribution is -2.16. The van der Waals surface area contributed by atoms with Crippen molar-refractivity contribution in [2.75, 3.05) is 0 Å². The van der Waals surface area contributed by atoms with E-state index in [9.17, 15) is 15.0 Å². The fourth-order valence-electron chi connectivity index (χ4n) is 3.55. The molecule has 0 aliphatic carbocycles. The third-order valence-electron chi connectivity index (χ3n) is 4.97. The van der Waals surface area contributed by atoms with Gasteiger partial charge < -0.3 is 14.9 Å². The summed E-state index contributed by atoms with van der Waals surface area (Å²) in [5.41, 5.74) is 1.01. The van der Waals surface area contributed by atoms with E-state index in [1.165, 1.54) is 0 Å². The van der Waals surface area contributed by atoms with Gasteiger partial charge in [0.05, 0.1) is 34.6 Å². The molecule has 0 saturated heterocycles. The number of hydrogen-bond donors (Lipinski definition) is 2. The topological polar surface area (TPSA) is 66.8 Å². The number of aromatic hydroxyl groups is 2. The number of rotatable bonds is 2. The molecule has 0 saturated carbocycles. The zero-order chi connectivity index (χ0) is 24.5. The summed E-state index contributed by atoms with van der Waals surface area (Å²) >= 11 is 44.8. The molecule has 0 unspecified atom stereocenters. The third-order valence-corrected chi connectivity index (χ3v) is 9.66. The summed E-state index contributed by atoms with van der Waals surface area (Å²) in [6, 6.07) is 3.21. The molecule has 3 aromatic carbocycles. The Balaban J connectivity index is 2.24. The number of ether oxygens (including phenoxy) is 1. The van der Waals surface area contributed by atoms with Gasteiger partial charge in [0.2, 0.25) is 0 Å². The number of phenols is 2. The van der Waals surface area contributed by atoms with Gasteiger partial charge in [-0.2, -0.15) is 0 Å². The largest absolute Gasteiger partial charge is 0.505 e. The van der Waals surface area contributed by atoms with E-state index in [1.807, 2.05) is 0 Å². The molecule has 0 fully saturated rings. The molecule has 2 N–H and O–H groups in total. The lowest BCUT2D eigenvalue weighted by atomic mass is 9.80. The van der Waals surface area contributed by atoms with Crippen molar-refractivity contribution in [3.63, 3.8) is 0 Å². The number of halogens is 9. The highest BCUT2D eigenvalue weighted by Crippen LogP contribution is 2.60. The molecule has 0 spiro atoms. The molecule has 0 atom stereocenters. The van der Waals surface area contributed by atoms with Gasteiger partial charge in [0.25, 0.3) is 5.24 Å². The lowest BCUT2D eigenvalue weighted by Gasteiger charge is -2.32. The molecule has 13 heteroatoms. The van der Waals surface area contributed by atoms with Gasteiger partial charge in [-0.3, -0.25) is 4.79 Å². The van der Waals surface area contributed by atoms with Gasteiger partial charge in [-0.05, 0) is 93.0 Å². The Labute approximate surface area is 245 Å². The van der Waals surface area contributed by atoms with Crippen LogP contribution in [0.15, 0.2) is 30.0 Å². The molecule has 172 valence electrons. The van der Waals surface area contributed by atoms with Crippen LogP contribution < -0.4 is 4.74 Å². The Hall–Kier alpha value is 0.1000. The zero-order valence-corrected chi connectivity index (χ0v) is 25.5. The lowest BCUT2D eigenvalue weighted by molar-refractivity contribution is 0.108. The molecule has 4 rings (SSSR count). The first-order chi connectivity index (χ1) is 15.4. The van der Waals surface area contributed by atoms with Crippen molar-refractivity contribution in [1.29, 1.82) is 0 Å². The van der Waals surface area contributed by atoms with Crippen molar-refractivity contribution in [2.24, 2.45) is 0 Å². The van der Waals surface area contributed by atoms with Crippen molar-refractivity contribution < 1.29 is 19.7 Å². The van der Waals surface area contributed by atoms with Crippen molar-refractivity contribution in [3.05, 3.63) is 72.4 Å². The average molecular weight is 806 g/mol. The van der Waals surface area contributed by atoms with E-state index in [4.69, 9.17) is 62.7 Å². The molecule has 1 aliphatic rings. The average Bonchev–Trinajstić information content (AvgIpc) is 2.76. The first-order valence-electron chi connectivity index (χ1n) is 8.53. The van der Waals surface area contributed by atoms with Crippen molar-refractivity contribution >= 4 is 127 Å². The predicted octanol–water partition coefficient (Wildman–Crippen LogP) is 10.4. The van der Waals surface area contributed by atoms with Crippen molar-refractivity contribution in [1.82, 2.24) is 0 Å². The number of fused-ring (bicyclic) bond motifs is 2. The third kappa shape index (κ3) is 4.11. The van der Waals surface area contributed by atoms with Crippen molar-refractivity contribution in [3.8, 4) is 23.0 Å². The van der Waals surface area contributed by atoms with Crippen LogP contribution in [0.25, 0.3) is 0 Å². The smallest absolute Gasteiger partial charge is 0.254 e. The van der Waals surface area contributed by atoms with E-state index in [0.717, 1.165) is 0 Å². The molecule has 0 radical (unpaired) electrons. The minimum Gasteiger partial charge on any atom is -0.505 e. The maximum Gasteiger partial charge on any atom is 0.254 e. The first kappa shape index (κ1) is 26.2. The second-order valence-electron chi connectivity index (χ2n) is 6.73. The summed E-state index contributed by atoms with van der Waals surface area (Å²) in [5, 5.41) is 19.6. The number of benzene rings is 3. The van der Waals surface area contributed by atoms with Gasteiger partial charge >= 0.3 is 0 Å². The SMILES string of the molecule is O=C(Cl)c1c(Cl)c(Cl)c(Cl)c(Cl)c1C1c2cc(Br)c(O)c(Br)c2Oc2c1cc(Br)c(O)c2Br. The van der Waals surface area contributed by atoms with Gasteiger partial charge in [-0.15, -0.1) is 0 Å². The van der Waals surface area contributed by atoms with Crippen LogP contribution in [0.1, 0.15) is 33.0 Å². The fraction of sp³-hybridized carbons (Fsp3) is 0.0500. The maximum atomic E-state index is 12.5. The molecule has 1 aliphatic heterocycles. The van der Waals surface area contributed by atoms with E-state index >= 15 is 0 Å². The second kappa shape index (κ2) is 9.52. The molecular formula is C20H5Br4Cl5O4. The minimum atomic E-state index is -0.904. The molecular weight excluding hydrogens is 801 g/mol. The Morgan fingerprint density at radius 1 is 0.788 bits per heavy atom. The maximum absolute atomic E-state index is 12.5. The molecule has 0 amide bonds. The van der Waals surface area contributed by atoms with Gasteiger partial charge in [-0.1, -0.05) is 46.4 Å². The van der Waals surface area contributed by atoms with Gasteiger partial charge in [0, 0.05) is 17.0 Å². The van der Waals surface area contributed by atoms with Gasteiger partial charge in [0.1, 0.15) is 31.9 Å². The highest BCUT2D eigenvalue weighted by Gasteiger charge is 2.39. The molecule has 1 heterocycles. The van der Waals surface area contributed by atoms with Crippen LogP contribution in [0.4, 0.5) is 0 Å². The normalized spacial score (nSPS) is 12.9. The summed E-state index contributed by atoms with van der Waals surface area (Å²) in [6.07, 6.45) is 0. The summed E-state index contributed by atoms with van der Waals surface area (Å²) in [5.74, 6) is -0.660. The van der Waals surface area contributed by atoms with Gasteiger partial charge in [-0.25, -0.2) is 0 Å². The number of phenolic OH excluding ortho intramolecular Hbond substituents is 2. The Morgan fingerprint density at radius 3 is 1.64 bits per heavy atom. The highest BCUT2D eigenvalue weighted by atomic mass is 79.9. The van der Waals surface area contributed by atoms with Crippen LogP contribution in [-0.2, 0) is 0 Å². The Morgan fingerprint density at radius 2 is 1.21 bits per heavy atom. The van der Waals surface area contributed by atoms with Crippen LogP contribution in [-0.4, -0.2) is 15.5 Å². The van der Waals surface area contributed by atoms with Crippen molar-refractivity contribution in [2.45, 2.75) is 5.92 Å². The number of hydrogen-bond acceptors (Lipinski definition) is 4. The van der Waals surface area contributed by atoms with E-state index in [0.29, 0.717) is 20.1 Å². The first-order valence-corrected chi connectivity index (χ1v) is 13.6. The molecule has 0 aromatic heterocycles. The predicted molar refractivity (Wildman–Crippen MR) is 145 cm³/mol. The quantitative estimate of drug-likeness (QED) is 0.120. The number of carbonyl (C=O) groups excluding carboxylic acids is 1. The summed E-state index contributed by atoms with van der Waals surface area (Å²) in [6.45, 7) is 0. The van der Waals surface area contributed by atoms with E-state index in [1.54, 1.807) is 12.1 Å². The minimum absolute atomic E-state index is 0.0421. The van der Waals surface area contributed by atoms with E-state index < -0.39 is 11.2 Å². The monoisotopic (exact) mass is 800 g/mol. The highest BCUT2D eigenvalue weighted by molar-refractivity contribution is 9.11. The standard InChI is InChI=1S/C20H5Br4Cl5O4/c21-5-1-3-7(8-9(20(29)32)13(26)15(28)14(27)12(8)25)4-2-6(22)17(31)11(24)19(4)33-18(3)10(23)16(5)30/h1-2,7,30-31H. The number of carbonyl (C=O) groups is 1. The summed E-state index contributed by atoms with van der Waals surface area (Å²) in [4.78, 5) is 12.5.